The number of aromatic nitrogens is 1. The lowest BCUT2D eigenvalue weighted by Gasteiger charge is -2.24. The van der Waals surface area contributed by atoms with Crippen molar-refractivity contribution < 1.29 is 28.9 Å². The molecule has 1 aromatic heterocycles. The largest absolute Gasteiger partial charge is 0.507 e. The van der Waals surface area contributed by atoms with Crippen LogP contribution < -0.4 is 19.1 Å². The molecule has 1 unspecified atom stereocenters. The number of ketones is 1. The molecule has 9 heteroatoms. The Morgan fingerprint density at radius 3 is 2.47 bits per heavy atom. The van der Waals surface area contributed by atoms with Gasteiger partial charge in [0.05, 0.1) is 42.2 Å². The summed E-state index contributed by atoms with van der Waals surface area (Å²) in [6.45, 7) is 9.28. The van der Waals surface area contributed by atoms with Crippen LogP contribution in [-0.2, 0) is 9.59 Å². The summed E-state index contributed by atoms with van der Waals surface area (Å²) in [6.07, 6.45) is 4.93. The van der Waals surface area contributed by atoms with E-state index < -0.39 is 17.7 Å². The first-order valence-corrected chi connectivity index (χ1v) is 16.3. The Bertz CT molecular complexity index is 1740. The molecule has 2 heterocycles. The lowest BCUT2D eigenvalue weighted by Crippen LogP contribution is -2.29. The number of methoxy groups -OCH3 is 1. The Kier molecular flexibility index (Phi) is 10.1. The van der Waals surface area contributed by atoms with Crippen LogP contribution in [-0.4, -0.2) is 42.1 Å². The van der Waals surface area contributed by atoms with Gasteiger partial charge in [-0.15, -0.1) is 0 Å². The third-order valence-electron chi connectivity index (χ3n) is 7.85. The summed E-state index contributed by atoms with van der Waals surface area (Å²) in [5.41, 5.74) is 3.76. The second-order valence-corrected chi connectivity index (χ2v) is 12.3. The number of Topliss-reactive ketones (excluding diaryl/α,β-unsaturated/α-hetero) is 1. The number of aliphatic hydroxyl groups is 1. The SMILES string of the molecule is CCCCCOc1ccc(C2/C(=C(\O)c3cccc(OCCCC)c3)C(=O)C(=O)N2c2nc3c(C)cc(C)cc3s2)cc1OC. The molecule has 5 rings (SSSR count). The van der Waals surface area contributed by atoms with E-state index in [0.717, 1.165) is 53.4 Å². The minimum atomic E-state index is -0.959. The Morgan fingerprint density at radius 1 is 0.933 bits per heavy atom. The summed E-state index contributed by atoms with van der Waals surface area (Å²) in [5, 5.41) is 12.1. The highest BCUT2D eigenvalue weighted by Crippen LogP contribution is 2.46. The summed E-state index contributed by atoms with van der Waals surface area (Å²) in [7, 11) is 1.55. The highest BCUT2D eigenvalue weighted by molar-refractivity contribution is 7.22. The predicted molar refractivity (Wildman–Crippen MR) is 179 cm³/mol. The van der Waals surface area contributed by atoms with Gasteiger partial charge in [0, 0.05) is 5.56 Å². The fraction of sp³-hybridized carbons (Fsp3) is 0.361. The molecule has 1 aliphatic rings. The lowest BCUT2D eigenvalue weighted by atomic mass is 9.95. The summed E-state index contributed by atoms with van der Waals surface area (Å²) in [5.74, 6) is -0.227. The van der Waals surface area contributed by atoms with Crippen molar-refractivity contribution in [2.24, 2.45) is 0 Å². The molecule has 1 amide bonds. The van der Waals surface area contributed by atoms with E-state index in [1.54, 1.807) is 43.5 Å². The van der Waals surface area contributed by atoms with Crippen LogP contribution in [0.4, 0.5) is 5.13 Å². The van der Waals surface area contributed by atoms with Crippen LogP contribution in [0.1, 0.15) is 74.2 Å². The van der Waals surface area contributed by atoms with Gasteiger partial charge in [-0.2, -0.15) is 0 Å². The molecule has 3 aromatic carbocycles. The number of fused-ring (bicyclic) bond motifs is 1. The van der Waals surface area contributed by atoms with E-state index in [9.17, 15) is 14.7 Å². The fourth-order valence-electron chi connectivity index (χ4n) is 5.54. The topological polar surface area (TPSA) is 98.2 Å². The van der Waals surface area contributed by atoms with Gasteiger partial charge in [0.15, 0.2) is 16.6 Å². The van der Waals surface area contributed by atoms with Crippen molar-refractivity contribution >= 4 is 44.1 Å². The number of thiazole rings is 1. The van der Waals surface area contributed by atoms with Crippen LogP contribution in [0.25, 0.3) is 16.0 Å². The van der Waals surface area contributed by atoms with Gasteiger partial charge in [-0.25, -0.2) is 4.98 Å². The molecule has 45 heavy (non-hydrogen) atoms. The van der Waals surface area contributed by atoms with E-state index in [4.69, 9.17) is 19.2 Å². The van der Waals surface area contributed by atoms with Crippen molar-refractivity contribution in [3.8, 4) is 17.2 Å². The number of nitrogens with zero attached hydrogens (tertiary/aromatic N) is 2. The van der Waals surface area contributed by atoms with E-state index in [1.165, 1.54) is 16.2 Å². The second kappa shape index (κ2) is 14.2. The molecule has 1 aliphatic heterocycles. The van der Waals surface area contributed by atoms with E-state index in [-0.39, 0.29) is 11.3 Å². The van der Waals surface area contributed by atoms with E-state index in [2.05, 4.69) is 13.8 Å². The standard InChI is InChI=1S/C36H40N2O6S/c1-6-8-10-17-44-27-15-14-24(21-28(27)42-5)32-30(33(39)25-12-11-13-26(20-25)43-16-9-7-2)34(40)35(41)38(32)36-37-31-23(4)18-22(3)19-29(31)45-36/h11-15,18-21,32,39H,6-10,16-17H2,1-5H3/b33-30+. The molecular weight excluding hydrogens is 588 g/mol. The van der Waals surface area contributed by atoms with Crippen molar-refractivity contribution in [3.63, 3.8) is 0 Å². The van der Waals surface area contributed by atoms with Crippen molar-refractivity contribution in [2.75, 3.05) is 25.2 Å². The molecule has 1 saturated heterocycles. The van der Waals surface area contributed by atoms with Gasteiger partial charge in [-0.1, -0.05) is 68.7 Å². The highest BCUT2D eigenvalue weighted by atomic mass is 32.1. The Labute approximate surface area is 268 Å². The zero-order valence-corrected chi connectivity index (χ0v) is 27.3. The Balaban J connectivity index is 1.64. The molecule has 1 atom stereocenters. The quantitative estimate of drug-likeness (QED) is 0.0688. The highest BCUT2D eigenvalue weighted by Gasteiger charge is 2.48. The van der Waals surface area contributed by atoms with Gasteiger partial charge in [-0.3, -0.25) is 14.5 Å². The molecule has 1 N–H and O–H groups in total. The smallest absolute Gasteiger partial charge is 0.301 e. The number of carbonyl (C=O) groups excluding carboxylic acids is 2. The number of hydrogen-bond donors (Lipinski definition) is 1. The van der Waals surface area contributed by atoms with Crippen LogP contribution >= 0.6 is 11.3 Å². The van der Waals surface area contributed by atoms with Gasteiger partial charge in [0.25, 0.3) is 5.78 Å². The Hall–Kier alpha value is -4.37. The second-order valence-electron chi connectivity index (χ2n) is 11.3. The average molecular weight is 629 g/mol. The van der Waals surface area contributed by atoms with Gasteiger partial charge in [-0.05, 0) is 73.7 Å². The van der Waals surface area contributed by atoms with Crippen molar-refractivity contribution in [1.29, 1.82) is 0 Å². The van der Waals surface area contributed by atoms with E-state index in [0.29, 0.717) is 46.7 Å². The Morgan fingerprint density at radius 2 is 1.71 bits per heavy atom. The van der Waals surface area contributed by atoms with Crippen molar-refractivity contribution in [2.45, 2.75) is 65.8 Å². The van der Waals surface area contributed by atoms with E-state index >= 15 is 0 Å². The number of ether oxygens (including phenoxy) is 3. The number of benzene rings is 3. The predicted octanol–water partition coefficient (Wildman–Crippen LogP) is 8.30. The van der Waals surface area contributed by atoms with Crippen molar-refractivity contribution in [3.05, 3.63) is 82.4 Å². The molecule has 0 bridgehead atoms. The van der Waals surface area contributed by atoms with Crippen LogP contribution in [0, 0.1) is 13.8 Å². The average Bonchev–Trinajstić information content (AvgIpc) is 3.57. The minimum Gasteiger partial charge on any atom is -0.507 e. The molecular formula is C36H40N2O6S. The van der Waals surface area contributed by atoms with Gasteiger partial charge >= 0.3 is 5.91 Å². The maximum absolute atomic E-state index is 13.8. The number of aryl methyl sites for hydroxylation is 2. The van der Waals surface area contributed by atoms with Crippen LogP contribution in [0.3, 0.4) is 0 Å². The van der Waals surface area contributed by atoms with Crippen LogP contribution in [0.2, 0.25) is 0 Å². The van der Waals surface area contributed by atoms with Crippen LogP contribution in [0.5, 0.6) is 17.2 Å². The number of hydrogen-bond acceptors (Lipinski definition) is 8. The summed E-state index contributed by atoms with van der Waals surface area (Å²) in [6, 6.07) is 15.4. The van der Waals surface area contributed by atoms with Gasteiger partial charge < -0.3 is 19.3 Å². The number of carbonyl (C=O) groups is 2. The first kappa shape index (κ1) is 32.0. The summed E-state index contributed by atoms with van der Waals surface area (Å²) in [4.78, 5) is 33.9. The third-order valence-corrected chi connectivity index (χ3v) is 8.85. The third kappa shape index (κ3) is 6.68. The molecule has 4 aromatic rings. The molecule has 0 spiro atoms. The zero-order valence-electron chi connectivity index (χ0n) is 26.5. The molecule has 8 nitrogen and oxygen atoms in total. The number of aliphatic hydroxyl groups excluding tert-OH is 1. The normalized spacial score (nSPS) is 16.0. The summed E-state index contributed by atoms with van der Waals surface area (Å²) >= 11 is 1.34. The van der Waals surface area contributed by atoms with Gasteiger partial charge in [0.1, 0.15) is 11.5 Å². The summed E-state index contributed by atoms with van der Waals surface area (Å²) < 4.78 is 18.5. The first-order chi connectivity index (χ1) is 21.8. The molecule has 0 saturated carbocycles. The van der Waals surface area contributed by atoms with Crippen LogP contribution in [0.15, 0.2) is 60.2 Å². The zero-order chi connectivity index (χ0) is 32.1. The maximum atomic E-state index is 13.8. The van der Waals surface area contributed by atoms with E-state index in [1.807, 2.05) is 32.0 Å². The molecule has 1 fully saturated rings. The minimum absolute atomic E-state index is 0.0310. The molecule has 236 valence electrons. The lowest BCUT2D eigenvalue weighted by molar-refractivity contribution is -0.132. The maximum Gasteiger partial charge on any atom is 0.301 e. The molecule has 0 radical (unpaired) electrons. The monoisotopic (exact) mass is 628 g/mol. The number of amides is 1. The number of rotatable bonds is 13. The van der Waals surface area contributed by atoms with Gasteiger partial charge in [0.2, 0.25) is 0 Å². The fourth-order valence-corrected chi connectivity index (χ4v) is 6.71. The number of unbranched alkanes of at least 4 members (excludes halogenated alkanes) is 3. The molecule has 0 aliphatic carbocycles. The first-order valence-electron chi connectivity index (χ1n) is 15.5. The van der Waals surface area contributed by atoms with Crippen molar-refractivity contribution in [1.82, 2.24) is 4.98 Å². The number of anilines is 1.